The molecule has 0 aromatic rings. The third kappa shape index (κ3) is 2.87. The minimum absolute atomic E-state index is 0.284. The van der Waals surface area contributed by atoms with Crippen LogP contribution in [0.2, 0.25) is 0 Å². The van der Waals surface area contributed by atoms with Crippen LogP contribution < -0.4 is 0 Å². The normalized spacial score (nSPS) is 12.8. The molecule has 1 unspecified atom stereocenters. The SMILES string of the molecule is CP(C#N)CI. The van der Waals surface area contributed by atoms with Gasteiger partial charge in [-0.05, 0) is 6.66 Å². The van der Waals surface area contributed by atoms with E-state index in [4.69, 9.17) is 5.26 Å². The van der Waals surface area contributed by atoms with Crippen molar-refractivity contribution in [3.05, 3.63) is 0 Å². The van der Waals surface area contributed by atoms with Gasteiger partial charge in [-0.25, -0.2) is 0 Å². The van der Waals surface area contributed by atoms with Crippen LogP contribution in [0, 0.1) is 11.1 Å². The minimum atomic E-state index is -0.284. The molecule has 34 valence electrons. The number of alkyl halides is 1. The zero-order valence-electron chi connectivity index (χ0n) is 3.48. The Morgan fingerprint density at radius 1 is 2.00 bits per heavy atom. The molecule has 6 heavy (non-hydrogen) atoms. The second-order valence-electron chi connectivity index (χ2n) is 0.917. The summed E-state index contributed by atoms with van der Waals surface area (Å²) in [6.45, 7) is 1.97. The van der Waals surface area contributed by atoms with Crippen molar-refractivity contribution in [3.63, 3.8) is 0 Å². The number of rotatable bonds is 1. The largest absolute Gasteiger partial charge is 0.193 e. The number of nitriles is 1. The molecule has 0 aliphatic heterocycles. The van der Waals surface area contributed by atoms with Gasteiger partial charge in [0.15, 0.2) is 0 Å². The van der Waals surface area contributed by atoms with E-state index in [2.05, 4.69) is 28.4 Å². The van der Waals surface area contributed by atoms with Crippen LogP contribution in [0.5, 0.6) is 0 Å². The van der Waals surface area contributed by atoms with E-state index in [1.807, 2.05) is 6.66 Å². The summed E-state index contributed by atoms with van der Waals surface area (Å²) in [6.07, 6.45) is 0. The van der Waals surface area contributed by atoms with Crippen molar-refractivity contribution < 1.29 is 0 Å². The van der Waals surface area contributed by atoms with Crippen LogP contribution in [0.15, 0.2) is 0 Å². The average Bonchev–Trinajstić information content (AvgIpc) is 1.65. The molecule has 0 amide bonds. The van der Waals surface area contributed by atoms with Crippen molar-refractivity contribution in [2.45, 2.75) is 0 Å². The van der Waals surface area contributed by atoms with Crippen LogP contribution in [0.4, 0.5) is 0 Å². The van der Waals surface area contributed by atoms with Crippen molar-refractivity contribution in [3.8, 4) is 5.81 Å². The summed E-state index contributed by atoms with van der Waals surface area (Å²) in [6, 6.07) is 0. The fourth-order valence-corrected chi connectivity index (χ4v) is 0.538. The lowest BCUT2D eigenvalue weighted by Gasteiger charge is -1.86. The van der Waals surface area contributed by atoms with Crippen LogP contribution >= 0.6 is 30.5 Å². The number of halogens is 1. The molecule has 0 radical (unpaired) electrons. The van der Waals surface area contributed by atoms with Gasteiger partial charge in [-0.1, -0.05) is 22.6 Å². The molecule has 0 heterocycles. The smallest absolute Gasteiger partial charge is 0.0876 e. The number of hydrogen-bond donors (Lipinski definition) is 0. The van der Waals surface area contributed by atoms with Gasteiger partial charge in [0, 0.05) is 12.1 Å². The quantitative estimate of drug-likeness (QED) is 0.371. The van der Waals surface area contributed by atoms with E-state index in [9.17, 15) is 0 Å². The molecule has 0 bridgehead atoms. The molecule has 0 saturated carbocycles. The Kier molecular flexibility index (Phi) is 4.24. The Labute approximate surface area is 52.6 Å². The molecular formula is C3H5INP. The highest BCUT2D eigenvalue weighted by molar-refractivity contribution is 14.1. The Bertz CT molecular complexity index is 67.7. The first-order valence-electron chi connectivity index (χ1n) is 1.48. The first-order chi connectivity index (χ1) is 2.81. The molecule has 0 rings (SSSR count). The summed E-state index contributed by atoms with van der Waals surface area (Å²) in [5.74, 6) is 2.17. The van der Waals surface area contributed by atoms with Crippen molar-refractivity contribution in [2.75, 3.05) is 10.8 Å². The van der Waals surface area contributed by atoms with Crippen LogP contribution in [0.3, 0.4) is 0 Å². The van der Waals surface area contributed by atoms with E-state index in [1.54, 1.807) is 0 Å². The fourth-order valence-electron chi connectivity index (χ4n) is 0.0267. The third-order valence-corrected chi connectivity index (χ3v) is 4.12. The van der Waals surface area contributed by atoms with Gasteiger partial charge < -0.3 is 0 Å². The maximum absolute atomic E-state index is 8.11. The lowest BCUT2D eigenvalue weighted by Crippen LogP contribution is -1.59. The highest BCUT2D eigenvalue weighted by Gasteiger charge is 1.89. The Balaban J connectivity index is 3.04. The molecular weight excluding hydrogens is 208 g/mol. The summed E-state index contributed by atoms with van der Waals surface area (Å²) < 4.78 is 1.00. The fraction of sp³-hybridized carbons (Fsp3) is 0.667. The first kappa shape index (κ1) is 6.65. The lowest BCUT2D eigenvalue weighted by atomic mass is 11.8. The molecule has 0 spiro atoms. The highest BCUT2D eigenvalue weighted by Crippen LogP contribution is 2.29. The van der Waals surface area contributed by atoms with Crippen LogP contribution in [0.1, 0.15) is 0 Å². The van der Waals surface area contributed by atoms with E-state index < -0.39 is 0 Å². The van der Waals surface area contributed by atoms with Crippen molar-refractivity contribution in [1.29, 1.82) is 5.26 Å². The summed E-state index contributed by atoms with van der Waals surface area (Å²) in [5, 5.41) is 8.11. The van der Waals surface area contributed by atoms with Gasteiger partial charge >= 0.3 is 0 Å². The van der Waals surface area contributed by atoms with Gasteiger partial charge in [0.25, 0.3) is 0 Å². The van der Waals surface area contributed by atoms with Gasteiger partial charge in [-0.15, -0.1) is 0 Å². The van der Waals surface area contributed by atoms with Crippen LogP contribution in [-0.4, -0.2) is 10.8 Å². The van der Waals surface area contributed by atoms with Crippen molar-refractivity contribution in [1.82, 2.24) is 0 Å². The molecule has 3 heteroatoms. The predicted molar refractivity (Wildman–Crippen MR) is 37.3 cm³/mol. The zero-order valence-corrected chi connectivity index (χ0v) is 6.53. The van der Waals surface area contributed by atoms with Crippen molar-refractivity contribution >= 4 is 30.5 Å². The van der Waals surface area contributed by atoms with E-state index in [-0.39, 0.29) is 7.92 Å². The maximum Gasteiger partial charge on any atom is 0.0876 e. The number of nitrogens with zero attached hydrogens (tertiary/aromatic N) is 1. The van der Waals surface area contributed by atoms with Gasteiger partial charge in [-0.3, -0.25) is 0 Å². The molecule has 0 aromatic carbocycles. The Hall–Kier alpha value is 0.650. The van der Waals surface area contributed by atoms with E-state index in [1.165, 1.54) is 0 Å². The second-order valence-corrected chi connectivity index (χ2v) is 4.80. The Morgan fingerprint density at radius 2 is 2.50 bits per heavy atom. The van der Waals surface area contributed by atoms with Gasteiger partial charge in [0.2, 0.25) is 0 Å². The monoisotopic (exact) mass is 213 g/mol. The van der Waals surface area contributed by atoms with E-state index in [0.717, 1.165) is 4.17 Å². The first-order valence-corrected chi connectivity index (χ1v) is 4.98. The van der Waals surface area contributed by atoms with Crippen LogP contribution in [0.25, 0.3) is 0 Å². The topological polar surface area (TPSA) is 23.8 Å². The predicted octanol–water partition coefficient (Wildman–Crippen LogP) is 1.97. The summed E-state index contributed by atoms with van der Waals surface area (Å²) in [5.41, 5.74) is 0. The molecule has 1 atom stereocenters. The minimum Gasteiger partial charge on any atom is -0.193 e. The van der Waals surface area contributed by atoms with Crippen molar-refractivity contribution in [2.24, 2.45) is 0 Å². The zero-order chi connectivity index (χ0) is 4.99. The summed E-state index contributed by atoms with van der Waals surface area (Å²) in [4.78, 5) is 0. The number of hydrogen-bond acceptors (Lipinski definition) is 1. The maximum atomic E-state index is 8.11. The average molecular weight is 213 g/mol. The molecule has 1 nitrogen and oxygen atoms in total. The van der Waals surface area contributed by atoms with Gasteiger partial charge in [0.1, 0.15) is 0 Å². The molecule has 0 N–H and O–H groups in total. The van der Waals surface area contributed by atoms with E-state index in [0.29, 0.717) is 0 Å². The molecule has 0 aliphatic rings. The highest BCUT2D eigenvalue weighted by atomic mass is 127. The van der Waals surface area contributed by atoms with Gasteiger partial charge in [0.05, 0.1) is 5.81 Å². The molecule has 0 aromatic heterocycles. The standard InChI is InChI=1S/C3H5INP/c1-6(2-4)3-5/h2H2,1H3. The second kappa shape index (κ2) is 3.83. The van der Waals surface area contributed by atoms with Gasteiger partial charge in [-0.2, -0.15) is 5.26 Å². The molecule has 0 saturated heterocycles. The van der Waals surface area contributed by atoms with E-state index >= 15 is 0 Å². The molecule has 0 aliphatic carbocycles. The summed E-state index contributed by atoms with van der Waals surface area (Å²) >= 11 is 2.22. The Morgan fingerprint density at radius 3 is 2.50 bits per heavy atom. The lowest BCUT2D eigenvalue weighted by molar-refractivity contribution is 1.56. The third-order valence-electron chi connectivity index (χ3n) is 0.350. The summed E-state index contributed by atoms with van der Waals surface area (Å²) in [7, 11) is -0.284. The van der Waals surface area contributed by atoms with Crippen LogP contribution in [-0.2, 0) is 0 Å². The molecule has 0 fully saturated rings.